The number of ether oxygens (including phenoxy) is 6. The van der Waals surface area contributed by atoms with E-state index >= 15 is 0 Å². The van der Waals surface area contributed by atoms with Crippen LogP contribution >= 0.6 is 23.2 Å². The fraction of sp³-hybridized carbons (Fsp3) is 0.671. The fourth-order valence-corrected chi connectivity index (χ4v) is 17.2. The molecule has 10 saturated carbocycles. The average Bonchev–Trinajstić information content (AvgIpc) is 0.705. The topological polar surface area (TPSA) is 420 Å². The van der Waals surface area contributed by atoms with Gasteiger partial charge in [-0.1, -0.05) is 128 Å². The van der Waals surface area contributed by atoms with E-state index in [1.54, 1.807) is 51.7 Å². The summed E-state index contributed by atoms with van der Waals surface area (Å²) in [4.78, 5) is 43.0. The molecule has 13 rings (SSSR count). The number of methoxy groups -OCH3 is 3. The van der Waals surface area contributed by atoms with Crippen molar-refractivity contribution in [1.29, 1.82) is 0 Å². The molecule has 0 heterocycles. The summed E-state index contributed by atoms with van der Waals surface area (Å²) < 4.78 is 246. The van der Waals surface area contributed by atoms with Gasteiger partial charge in [0.1, 0.15) is 11.4 Å². The Hall–Kier alpha value is -5.31. The zero-order valence-corrected chi connectivity index (χ0v) is 67.0. The number of aliphatic hydroxyl groups excluding tert-OH is 1. The minimum Gasteiger partial charge on any atom is -0.459 e. The van der Waals surface area contributed by atoms with Crippen molar-refractivity contribution in [3.8, 4) is 0 Å². The number of alkyl halides is 14. The van der Waals surface area contributed by atoms with Crippen molar-refractivity contribution in [1.82, 2.24) is 5.32 Å². The Morgan fingerprint density at radius 1 is 0.583 bits per heavy atom. The number of nitrogens with one attached hydrogen (secondary N) is 1. The zero-order chi connectivity index (χ0) is 84.7. The molecule has 651 valence electrons. The molecule has 27 nitrogen and oxygen atoms in total. The van der Waals surface area contributed by atoms with E-state index in [1.807, 2.05) is 60.7 Å². The van der Waals surface area contributed by atoms with E-state index in [2.05, 4.69) is 36.7 Å². The first-order valence-corrected chi connectivity index (χ1v) is 39.6. The van der Waals surface area contributed by atoms with Crippen LogP contribution < -0.4 is 5.32 Å². The maximum absolute atomic E-state index is 13.3. The van der Waals surface area contributed by atoms with Crippen molar-refractivity contribution in [3.63, 3.8) is 0 Å². The number of nitrogens with zero attached hydrogens (tertiary/aromatic N) is 6. The molecule has 10 aliphatic carbocycles. The Balaban J connectivity index is 0.000000725. The smallest absolute Gasteiger partial charge is 0.459 e. The molecule has 3 aromatic rings. The number of carbonyl (C=O) groups excluding carboxylic acids is 3. The predicted octanol–water partition coefficient (Wildman–Crippen LogP) is 16.1. The number of amides is 1. The van der Waals surface area contributed by atoms with Gasteiger partial charge < -0.3 is 44.0 Å². The van der Waals surface area contributed by atoms with Gasteiger partial charge in [-0.2, -0.15) is 77.9 Å². The Morgan fingerprint density at radius 3 is 1.34 bits per heavy atom. The first-order chi connectivity index (χ1) is 51.9. The molecule has 3 unspecified atom stereocenters. The number of esters is 1. The van der Waals surface area contributed by atoms with E-state index in [9.17, 15) is 72.2 Å². The second-order valence-electron chi connectivity index (χ2n) is 27.9. The zero-order valence-electron chi connectivity index (χ0n) is 61.3. The molecule has 6 N–H and O–H groups in total. The first-order valence-electron chi connectivity index (χ1n) is 34.2. The SMILES string of the molecule is C.C.C=C1CC2C[C@@H](C1)CC(=O)[C@H]2[C@@H](N=[N+]=[N-])c1ccccc1.COCCO.COCCO[C@]12CC3C[C@@H](C1)C[C@](O)(C2)[C@H]3[C@@H](N=[N+]=[N-])c1ccccc1.COCCO[C@]12CC3C[C@@H](C1)C[C@](OC(C)=O)(C2)[C@H]3[C@@H](NC(=O)C(F)(F)F)c1ccccc1.ClCCl.O=S(=O)(O)C(F)(F)F.O=S(=O)(O)C(F)(F)F.O=S(=O)(O)C(F)(F)F.[Sc]. The predicted molar refractivity (Wildman–Crippen MR) is 393 cm³/mol. The van der Waals surface area contributed by atoms with Crippen LogP contribution in [0, 0.1) is 53.3 Å². The number of aliphatic hydroxyl groups is 2. The third-order valence-corrected chi connectivity index (χ3v) is 21.8. The van der Waals surface area contributed by atoms with Crippen LogP contribution in [0.5, 0.6) is 0 Å². The summed E-state index contributed by atoms with van der Waals surface area (Å²) in [5.41, 5.74) is 2.62. The first kappa shape index (κ1) is 108. The molecule has 0 aliphatic heterocycles. The maximum atomic E-state index is 13.3. The fourth-order valence-electron chi connectivity index (χ4n) is 17.2. The Morgan fingerprint density at radius 2 is 0.965 bits per heavy atom. The van der Waals surface area contributed by atoms with Gasteiger partial charge in [0.25, 0.3) is 0 Å². The molecule has 1 radical (unpaired) electrons. The van der Waals surface area contributed by atoms with Gasteiger partial charge in [-0.05, 0) is 134 Å². The van der Waals surface area contributed by atoms with Crippen LogP contribution in [0.25, 0.3) is 20.9 Å². The molecule has 115 heavy (non-hydrogen) atoms. The number of hydrogen-bond donors (Lipinski definition) is 6. The van der Waals surface area contributed by atoms with Crippen LogP contribution in [0.3, 0.4) is 0 Å². The van der Waals surface area contributed by atoms with Crippen molar-refractivity contribution in [2.24, 2.45) is 63.5 Å². The summed E-state index contributed by atoms with van der Waals surface area (Å²) in [5.74, 6) is -1.25. The van der Waals surface area contributed by atoms with E-state index in [0.717, 1.165) is 68.9 Å². The van der Waals surface area contributed by atoms with E-state index in [4.69, 9.17) is 102 Å². The second kappa shape index (κ2) is 46.5. The summed E-state index contributed by atoms with van der Waals surface area (Å²) >= 11 is 9.53. The van der Waals surface area contributed by atoms with E-state index in [-0.39, 0.29) is 106 Å². The van der Waals surface area contributed by atoms with Crippen LogP contribution in [0.15, 0.2) is 113 Å². The second-order valence-corrected chi connectivity index (χ2v) is 33.0. The molecule has 3 aromatic carbocycles. The minimum absolute atomic E-state index is 0. The molecule has 0 spiro atoms. The standard InChI is InChI=1S/C24H30F3NO5.C20H27N3O3.C17H19N3O.C3H8O2.CH2Cl2.3CHF3O3S.2CH4.Sc/c1-15(29)33-23-12-16-10-18(13-22(11-16,14-23)32-9-8-31-2)19(23)20(17-6-4-3-5-7-17)28-21(30)24(25,26)27;1-25-7-8-26-19-10-14-9-16(12-19)17(20(24,11-14)13-19)18(22-23-21)15-5-3-2-4-6-15;1-11-7-12-9-14(8-11)16(15(21)10-12)17(19-20-18)13-5-3-2-4-6-13;1-5-3-2-4;2-1-3;3*2-1(3,4)8(5,6)7;;;/h3-7,16,18-20H,8-14H2,1-2H3,(H,28,30);2-6,14,16-18,24H,7-13H2,1H3;2-6,12,14,16-17H,1,7-10H2;4H,2-3H2,1H3;1H2;3*(H,5,6,7);2*1H4;/t16-,18?,19+,20-,22-,23-;14-,16?,17+,18-,19-,20-;12-,14?,16+,17+;;;;;;;;/m001......../s1. The quantitative estimate of drug-likeness (QED) is 0.00584. The van der Waals surface area contributed by atoms with Crippen molar-refractivity contribution < 1.29 is 170 Å². The van der Waals surface area contributed by atoms with E-state index < -0.39 is 93.7 Å². The molecule has 45 heteroatoms. The van der Waals surface area contributed by atoms with Crippen molar-refractivity contribution >= 4 is 71.2 Å². The van der Waals surface area contributed by atoms with Crippen molar-refractivity contribution in [2.75, 3.05) is 66.3 Å². The number of rotatable bonds is 20. The van der Waals surface area contributed by atoms with Gasteiger partial charge in [-0.15, -0.1) is 23.2 Å². The third-order valence-electron chi connectivity index (χ3n) is 20.1. The van der Waals surface area contributed by atoms with E-state index in [0.29, 0.717) is 88.5 Å². The molecular formula is C70H97Cl2F12N7O20S3Sc. The van der Waals surface area contributed by atoms with Crippen molar-refractivity contribution in [2.45, 2.75) is 175 Å². The number of hydrogen-bond acceptors (Lipinski definition) is 19. The number of allylic oxidation sites excluding steroid dienone is 1. The van der Waals surface area contributed by atoms with Crippen LogP contribution in [-0.4, -0.2) is 178 Å². The Labute approximate surface area is 688 Å². The molecule has 10 bridgehead atoms. The molecule has 10 aliphatic rings. The third kappa shape index (κ3) is 31.3. The molecule has 1 amide bonds. The monoisotopic (exact) mass is 1790 g/mol. The summed E-state index contributed by atoms with van der Waals surface area (Å²) in [7, 11) is -12.7. The van der Waals surface area contributed by atoms with Gasteiger partial charge in [0.05, 0.1) is 79.9 Å². The van der Waals surface area contributed by atoms with Crippen LogP contribution in [0.2, 0.25) is 0 Å². The number of carbonyl (C=O) groups is 3. The molecule has 0 aromatic heterocycles. The van der Waals surface area contributed by atoms with Gasteiger partial charge in [-0.3, -0.25) is 28.0 Å². The van der Waals surface area contributed by atoms with Crippen LogP contribution in [-0.2, 0) is 99.0 Å². The van der Waals surface area contributed by atoms with Gasteiger partial charge in [0, 0.05) is 101 Å². The largest absolute Gasteiger partial charge is 0.522 e. The number of fused-ring (bicyclic) bond motifs is 2. The van der Waals surface area contributed by atoms with Gasteiger partial charge in [-0.25, -0.2) is 0 Å². The van der Waals surface area contributed by atoms with E-state index in [1.165, 1.54) is 12.5 Å². The normalized spacial score (nSPS) is 27.2. The number of benzene rings is 3. The number of ketones is 1. The van der Waals surface area contributed by atoms with Gasteiger partial charge >= 0.3 is 64.9 Å². The number of halogens is 14. The average molecular weight is 1800 g/mol. The Bertz CT molecular complexity index is 3910. The van der Waals surface area contributed by atoms with Crippen molar-refractivity contribution in [3.05, 3.63) is 141 Å². The minimum atomic E-state index is -5.84. The number of azide groups is 2. The summed E-state index contributed by atoms with van der Waals surface area (Å²) in [6.07, 6.45) is 6.19. The van der Waals surface area contributed by atoms with Crippen LogP contribution in [0.1, 0.15) is 146 Å². The Kier molecular flexibility index (Phi) is 43.5. The molecular weight excluding hydrogens is 1700 g/mol. The molecule has 10 fully saturated rings. The summed E-state index contributed by atoms with van der Waals surface area (Å²) in [6, 6.07) is 26.5. The maximum Gasteiger partial charge on any atom is 0.522 e. The van der Waals surface area contributed by atoms with Crippen LogP contribution in [0.4, 0.5) is 52.7 Å². The summed E-state index contributed by atoms with van der Waals surface area (Å²) in [6.45, 7) is 7.96. The molecule has 16 atom stereocenters. The van der Waals surface area contributed by atoms with Gasteiger partial charge in [0.15, 0.2) is 0 Å². The number of Topliss-reactive ketones (excluding diaryl/α,β-unsaturated/α-hetero) is 1. The molecule has 0 saturated heterocycles. The summed E-state index contributed by atoms with van der Waals surface area (Å²) in [5, 5.41) is 30.1. The van der Waals surface area contributed by atoms with Gasteiger partial charge in [0.2, 0.25) is 0 Å².